The third-order valence-corrected chi connectivity index (χ3v) is 5.91. The summed E-state index contributed by atoms with van der Waals surface area (Å²) in [6, 6.07) is 10.9. The molecule has 0 spiro atoms. The third kappa shape index (κ3) is 4.45. The van der Waals surface area contributed by atoms with E-state index in [-0.39, 0.29) is 16.9 Å². The predicted octanol–water partition coefficient (Wildman–Crippen LogP) is 4.35. The number of carbonyl (C=O) groups is 2. The van der Waals surface area contributed by atoms with Gasteiger partial charge in [-0.3, -0.25) is 9.59 Å². The minimum Gasteiger partial charge on any atom is -0.325 e. The lowest BCUT2D eigenvalue weighted by molar-refractivity contribution is -0.115. The van der Waals surface area contributed by atoms with Crippen LogP contribution in [0, 0.1) is 0 Å². The van der Waals surface area contributed by atoms with Crippen molar-refractivity contribution >= 4 is 40.5 Å². The molecule has 0 radical (unpaired) electrons. The summed E-state index contributed by atoms with van der Waals surface area (Å²) in [7, 11) is 0. The Morgan fingerprint density at radius 3 is 2.74 bits per heavy atom. The van der Waals surface area contributed by atoms with Gasteiger partial charge in [0, 0.05) is 17.8 Å². The maximum atomic E-state index is 12.6. The first kappa shape index (κ1) is 19.3. The number of thioether (sulfide) groups is 1. The second-order valence-corrected chi connectivity index (χ2v) is 8.17. The fourth-order valence-corrected chi connectivity index (χ4v) is 4.15. The molecule has 0 aliphatic carbocycles. The van der Waals surface area contributed by atoms with Crippen LogP contribution in [0.1, 0.15) is 31.1 Å². The molecular formula is C19H20N4O2S2. The number of hydrogen-bond acceptors (Lipinski definition) is 6. The molecule has 0 aliphatic rings. The van der Waals surface area contributed by atoms with Crippen LogP contribution in [0.3, 0.4) is 0 Å². The first-order valence-corrected chi connectivity index (χ1v) is 10.3. The maximum Gasteiger partial charge on any atom is 0.237 e. The van der Waals surface area contributed by atoms with Gasteiger partial charge in [-0.2, -0.15) is 0 Å². The Hall–Kier alpha value is -2.45. The highest BCUT2D eigenvalue weighted by Crippen LogP contribution is 2.29. The number of carbonyl (C=O) groups excluding carboxylic acids is 2. The van der Waals surface area contributed by atoms with E-state index in [1.807, 2.05) is 35.9 Å². The summed E-state index contributed by atoms with van der Waals surface area (Å²) >= 11 is 2.98. The molecule has 3 rings (SSSR count). The first-order chi connectivity index (χ1) is 13.0. The number of thiophene rings is 1. The summed E-state index contributed by atoms with van der Waals surface area (Å²) in [6.07, 6.45) is 0. The molecule has 1 amide bonds. The topological polar surface area (TPSA) is 76.9 Å². The zero-order chi connectivity index (χ0) is 19.4. The zero-order valence-corrected chi connectivity index (χ0v) is 16.9. The number of rotatable bonds is 7. The van der Waals surface area contributed by atoms with Crippen LogP contribution in [0.25, 0.3) is 10.7 Å². The van der Waals surface area contributed by atoms with Crippen LogP contribution in [0.15, 0.2) is 46.9 Å². The molecule has 0 aliphatic heterocycles. The molecule has 8 heteroatoms. The van der Waals surface area contributed by atoms with Gasteiger partial charge >= 0.3 is 0 Å². The van der Waals surface area contributed by atoms with E-state index < -0.39 is 0 Å². The minimum atomic E-state index is -0.364. The summed E-state index contributed by atoms with van der Waals surface area (Å²) in [5, 5.41) is 13.8. The van der Waals surface area contributed by atoms with Crippen LogP contribution < -0.4 is 5.32 Å². The van der Waals surface area contributed by atoms with Crippen molar-refractivity contribution in [3.8, 4) is 10.7 Å². The largest absolute Gasteiger partial charge is 0.325 e. The van der Waals surface area contributed by atoms with Gasteiger partial charge < -0.3 is 9.88 Å². The molecule has 1 N–H and O–H groups in total. The van der Waals surface area contributed by atoms with Gasteiger partial charge in [0.2, 0.25) is 5.91 Å². The van der Waals surface area contributed by atoms with Gasteiger partial charge in [-0.15, -0.1) is 21.5 Å². The van der Waals surface area contributed by atoms with E-state index >= 15 is 0 Å². The van der Waals surface area contributed by atoms with E-state index in [1.165, 1.54) is 18.7 Å². The number of nitrogens with zero attached hydrogens (tertiary/aromatic N) is 3. The Labute approximate surface area is 166 Å². The molecule has 6 nitrogen and oxygen atoms in total. The second-order valence-electron chi connectivity index (χ2n) is 5.91. The Kier molecular flexibility index (Phi) is 6.08. The molecule has 1 aromatic carbocycles. The van der Waals surface area contributed by atoms with E-state index in [4.69, 9.17) is 0 Å². The molecule has 0 bridgehead atoms. The van der Waals surface area contributed by atoms with Gasteiger partial charge in [0.15, 0.2) is 16.8 Å². The van der Waals surface area contributed by atoms with Crippen molar-refractivity contribution in [2.45, 2.75) is 37.7 Å². The quantitative estimate of drug-likeness (QED) is 0.471. The molecule has 2 heterocycles. The zero-order valence-electron chi connectivity index (χ0n) is 15.3. The average molecular weight is 401 g/mol. The lowest BCUT2D eigenvalue weighted by Crippen LogP contribution is -2.23. The van der Waals surface area contributed by atoms with Crippen molar-refractivity contribution < 1.29 is 9.59 Å². The second kappa shape index (κ2) is 8.49. The number of anilines is 1. The predicted molar refractivity (Wildman–Crippen MR) is 109 cm³/mol. The standard InChI is InChI=1S/C19H20N4O2S2/c1-4-23-17(16-9-6-10-26-16)21-22-19(23)27-13(3)18(25)20-15-8-5-7-14(11-15)12(2)24/h5-11,13H,4H2,1-3H3,(H,20,25)/t13-/m1/s1. The minimum absolute atomic E-state index is 0.0364. The lowest BCUT2D eigenvalue weighted by Gasteiger charge is -2.13. The number of hydrogen-bond donors (Lipinski definition) is 1. The summed E-state index contributed by atoms with van der Waals surface area (Å²) < 4.78 is 2.01. The number of Topliss-reactive ketones (excluding diaryl/α,β-unsaturated/α-hetero) is 1. The van der Waals surface area contributed by atoms with E-state index in [0.717, 1.165) is 17.2 Å². The number of ketones is 1. The Morgan fingerprint density at radius 2 is 2.07 bits per heavy atom. The Balaban J connectivity index is 1.72. The summed E-state index contributed by atoms with van der Waals surface area (Å²) in [5.41, 5.74) is 1.18. The highest BCUT2D eigenvalue weighted by molar-refractivity contribution is 8.00. The maximum absolute atomic E-state index is 12.6. The summed E-state index contributed by atoms with van der Waals surface area (Å²) in [6.45, 7) is 6.08. The van der Waals surface area contributed by atoms with Crippen LogP contribution >= 0.6 is 23.1 Å². The fraction of sp³-hybridized carbons (Fsp3) is 0.263. The van der Waals surface area contributed by atoms with Crippen LogP contribution in [0.4, 0.5) is 5.69 Å². The Morgan fingerprint density at radius 1 is 1.26 bits per heavy atom. The van der Waals surface area contributed by atoms with E-state index in [1.54, 1.807) is 35.6 Å². The summed E-state index contributed by atoms with van der Waals surface area (Å²) in [5.74, 6) is 0.631. The first-order valence-electron chi connectivity index (χ1n) is 8.55. The lowest BCUT2D eigenvalue weighted by atomic mass is 10.1. The number of benzene rings is 1. The SMILES string of the molecule is CCn1c(S[C@H](C)C(=O)Nc2cccc(C(C)=O)c2)nnc1-c1cccs1. The molecule has 0 fully saturated rings. The average Bonchev–Trinajstić information content (AvgIpc) is 3.31. The summed E-state index contributed by atoms with van der Waals surface area (Å²) in [4.78, 5) is 25.1. The van der Waals surface area contributed by atoms with Gasteiger partial charge in [-0.05, 0) is 44.4 Å². The molecular weight excluding hydrogens is 380 g/mol. The van der Waals surface area contributed by atoms with Crippen molar-refractivity contribution in [2.24, 2.45) is 0 Å². The molecule has 0 unspecified atom stereocenters. The highest BCUT2D eigenvalue weighted by Gasteiger charge is 2.21. The van der Waals surface area contributed by atoms with Gasteiger partial charge in [0.25, 0.3) is 0 Å². The van der Waals surface area contributed by atoms with E-state index in [2.05, 4.69) is 15.5 Å². The molecule has 0 saturated carbocycles. The van der Waals surface area contributed by atoms with E-state index in [9.17, 15) is 9.59 Å². The Bertz CT molecular complexity index is 951. The molecule has 27 heavy (non-hydrogen) atoms. The van der Waals surface area contributed by atoms with Gasteiger partial charge in [0.1, 0.15) is 0 Å². The molecule has 140 valence electrons. The fourth-order valence-electron chi connectivity index (χ4n) is 2.52. The molecule has 0 saturated heterocycles. The number of amides is 1. The van der Waals surface area contributed by atoms with Crippen molar-refractivity contribution in [1.82, 2.24) is 14.8 Å². The van der Waals surface area contributed by atoms with Gasteiger partial charge in [-0.1, -0.05) is 30.0 Å². The van der Waals surface area contributed by atoms with Gasteiger partial charge in [-0.25, -0.2) is 0 Å². The molecule has 2 aromatic heterocycles. The van der Waals surface area contributed by atoms with E-state index in [0.29, 0.717) is 16.4 Å². The van der Waals surface area contributed by atoms with Crippen LogP contribution in [0.5, 0.6) is 0 Å². The number of nitrogens with one attached hydrogen (secondary N) is 1. The number of aromatic nitrogens is 3. The van der Waals surface area contributed by atoms with Crippen LogP contribution in [0.2, 0.25) is 0 Å². The highest BCUT2D eigenvalue weighted by atomic mass is 32.2. The smallest absolute Gasteiger partial charge is 0.237 e. The van der Waals surface area contributed by atoms with Crippen molar-refractivity contribution in [1.29, 1.82) is 0 Å². The molecule has 3 aromatic rings. The third-order valence-electron chi connectivity index (χ3n) is 3.96. The van der Waals surface area contributed by atoms with Crippen LogP contribution in [-0.4, -0.2) is 31.7 Å². The monoisotopic (exact) mass is 400 g/mol. The normalized spacial score (nSPS) is 12.0. The molecule has 1 atom stereocenters. The van der Waals surface area contributed by atoms with Crippen LogP contribution in [-0.2, 0) is 11.3 Å². The van der Waals surface area contributed by atoms with Crippen molar-refractivity contribution in [3.63, 3.8) is 0 Å². The van der Waals surface area contributed by atoms with Crippen molar-refractivity contribution in [2.75, 3.05) is 5.32 Å². The van der Waals surface area contributed by atoms with Crippen molar-refractivity contribution in [3.05, 3.63) is 47.3 Å². The van der Waals surface area contributed by atoms with Gasteiger partial charge in [0.05, 0.1) is 10.1 Å².